The third-order valence-corrected chi connectivity index (χ3v) is 11.5. The maximum atomic E-state index is 6.54. The summed E-state index contributed by atoms with van der Waals surface area (Å²) in [5.41, 5.74) is 13.5. The molecule has 3 heteroatoms. The van der Waals surface area contributed by atoms with E-state index < -0.39 is 0 Å². The van der Waals surface area contributed by atoms with Crippen LogP contribution in [0.3, 0.4) is 0 Å². The number of aromatic nitrogens is 2. The van der Waals surface area contributed by atoms with Crippen LogP contribution in [0.15, 0.2) is 199 Å². The third-order valence-electron chi connectivity index (χ3n) is 11.5. The van der Waals surface area contributed by atoms with Crippen molar-refractivity contribution in [1.29, 1.82) is 0 Å². The molecule has 3 aromatic heterocycles. The Bertz CT molecular complexity index is 3490. The third kappa shape index (κ3) is 4.44. The standard InChI is InChI=1S/C52H32N2O/c1-2-13-33(14-3-1)43-32-37(29-36-15-4-5-16-38(36)43)53-46-21-9-6-17-39(46)44-30-34(25-27-48(44)53)35-26-28-49-45(31-35)40-18-7-10-22-47(40)54(49)50-23-12-20-42-41-19-8-11-24-51(41)55-52(42)50/h1-32H. The predicted octanol–water partition coefficient (Wildman–Crippen LogP) is 14.3. The van der Waals surface area contributed by atoms with E-state index in [1.54, 1.807) is 0 Å². The fourth-order valence-electron chi connectivity index (χ4n) is 9.03. The lowest BCUT2D eigenvalue weighted by atomic mass is 9.97. The minimum absolute atomic E-state index is 0.902. The van der Waals surface area contributed by atoms with E-state index in [2.05, 4.69) is 197 Å². The van der Waals surface area contributed by atoms with E-state index in [1.165, 1.54) is 65.6 Å². The molecule has 0 atom stereocenters. The van der Waals surface area contributed by atoms with Crippen LogP contribution in [0.4, 0.5) is 0 Å². The molecule has 0 radical (unpaired) electrons. The highest BCUT2D eigenvalue weighted by molar-refractivity contribution is 6.15. The molecule has 3 heterocycles. The molecule has 0 bridgehead atoms. The summed E-state index contributed by atoms with van der Waals surface area (Å²) in [4.78, 5) is 0. The number of fused-ring (bicyclic) bond motifs is 10. The van der Waals surface area contributed by atoms with Crippen molar-refractivity contribution in [2.45, 2.75) is 0 Å². The molecule has 0 amide bonds. The van der Waals surface area contributed by atoms with Crippen molar-refractivity contribution < 1.29 is 4.42 Å². The van der Waals surface area contributed by atoms with Gasteiger partial charge in [0.25, 0.3) is 0 Å². The Kier molecular flexibility index (Phi) is 6.34. The average Bonchev–Trinajstić information content (AvgIpc) is 3.91. The SMILES string of the molecule is c1ccc(-c2cc(-n3c4ccccc4c4cc(-c5ccc6c(c5)c5ccccc5n6-c5cccc6c5oc5ccccc56)ccc43)cc3ccccc23)cc1. The van der Waals surface area contributed by atoms with Crippen LogP contribution in [0.5, 0.6) is 0 Å². The van der Waals surface area contributed by atoms with Crippen LogP contribution >= 0.6 is 0 Å². The molecular weight excluding hydrogens is 669 g/mol. The van der Waals surface area contributed by atoms with E-state index >= 15 is 0 Å². The van der Waals surface area contributed by atoms with Crippen molar-refractivity contribution in [3.8, 4) is 33.6 Å². The Hall–Kier alpha value is -7.36. The number of furan rings is 1. The second-order valence-electron chi connectivity index (χ2n) is 14.5. The lowest BCUT2D eigenvalue weighted by molar-refractivity contribution is 0.666. The Balaban J connectivity index is 1.05. The monoisotopic (exact) mass is 700 g/mol. The molecule has 0 saturated heterocycles. The van der Waals surface area contributed by atoms with E-state index in [0.717, 1.165) is 44.3 Å². The van der Waals surface area contributed by atoms with Crippen LogP contribution in [-0.4, -0.2) is 9.13 Å². The lowest BCUT2D eigenvalue weighted by Crippen LogP contribution is -1.95. The zero-order chi connectivity index (χ0) is 36.0. The molecule has 55 heavy (non-hydrogen) atoms. The maximum absolute atomic E-state index is 6.54. The molecule has 0 N–H and O–H groups in total. The Morgan fingerprint density at radius 1 is 0.327 bits per heavy atom. The van der Waals surface area contributed by atoms with Crippen molar-refractivity contribution in [2.24, 2.45) is 0 Å². The highest BCUT2D eigenvalue weighted by atomic mass is 16.3. The number of hydrogen-bond donors (Lipinski definition) is 0. The van der Waals surface area contributed by atoms with Gasteiger partial charge in [0.05, 0.1) is 27.8 Å². The smallest absolute Gasteiger partial charge is 0.159 e. The van der Waals surface area contributed by atoms with E-state index in [0.29, 0.717) is 0 Å². The summed E-state index contributed by atoms with van der Waals surface area (Å²) in [5.74, 6) is 0. The number of benzene rings is 9. The first-order valence-corrected chi connectivity index (χ1v) is 18.8. The number of nitrogens with zero attached hydrogens (tertiary/aromatic N) is 2. The van der Waals surface area contributed by atoms with Gasteiger partial charge in [-0.1, -0.05) is 133 Å². The molecule has 9 aromatic carbocycles. The molecule has 3 nitrogen and oxygen atoms in total. The van der Waals surface area contributed by atoms with Gasteiger partial charge < -0.3 is 13.6 Å². The molecule has 0 aliphatic heterocycles. The maximum Gasteiger partial charge on any atom is 0.159 e. The molecule has 256 valence electrons. The summed E-state index contributed by atoms with van der Waals surface area (Å²) >= 11 is 0. The number of rotatable bonds is 4. The van der Waals surface area contributed by atoms with Gasteiger partial charge in [-0.3, -0.25) is 0 Å². The van der Waals surface area contributed by atoms with Gasteiger partial charge in [0.2, 0.25) is 0 Å². The molecular formula is C52H32N2O. The molecule has 0 aliphatic carbocycles. The zero-order valence-electron chi connectivity index (χ0n) is 29.8. The lowest BCUT2D eigenvalue weighted by Gasteiger charge is -2.14. The van der Waals surface area contributed by atoms with Crippen molar-refractivity contribution >= 4 is 76.3 Å². The van der Waals surface area contributed by atoms with Gasteiger partial charge >= 0.3 is 0 Å². The molecule has 12 aromatic rings. The molecule has 0 saturated carbocycles. The highest BCUT2D eigenvalue weighted by Gasteiger charge is 2.19. The van der Waals surface area contributed by atoms with Crippen molar-refractivity contribution in [3.05, 3.63) is 194 Å². The summed E-state index contributed by atoms with van der Waals surface area (Å²) in [6, 6.07) is 70.3. The highest BCUT2D eigenvalue weighted by Crippen LogP contribution is 2.41. The van der Waals surface area contributed by atoms with E-state index in [9.17, 15) is 0 Å². The van der Waals surface area contributed by atoms with Gasteiger partial charge in [0.15, 0.2) is 5.58 Å². The predicted molar refractivity (Wildman–Crippen MR) is 231 cm³/mol. The first kappa shape index (κ1) is 30.1. The zero-order valence-corrected chi connectivity index (χ0v) is 29.8. The minimum Gasteiger partial charge on any atom is -0.454 e. The van der Waals surface area contributed by atoms with Crippen LogP contribution < -0.4 is 0 Å². The number of hydrogen-bond acceptors (Lipinski definition) is 1. The molecule has 0 spiro atoms. The largest absolute Gasteiger partial charge is 0.454 e. The Morgan fingerprint density at radius 2 is 0.891 bits per heavy atom. The fraction of sp³-hybridized carbons (Fsp3) is 0. The Morgan fingerprint density at radius 3 is 1.64 bits per heavy atom. The molecule has 0 fully saturated rings. The van der Waals surface area contributed by atoms with Gasteiger partial charge in [-0.2, -0.15) is 0 Å². The normalized spacial score (nSPS) is 12.0. The summed E-state index contributed by atoms with van der Waals surface area (Å²) in [6.45, 7) is 0. The van der Waals surface area contributed by atoms with Crippen LogP contribution in [0.1, 0.15) is 0 Å². The van der Waals surface area contributed by atoms with Gasteiger partial charge in [-0.25, -0.2) is 0 Å². The van der Waals surface area contributed by atoms with Gasteiger partial charge in [-0.15, -0.1) is 0 Å². The van der Waals surface area contributed by atoms with Gasteiger partial charge in [-0.05, 0) is 93.7 Å². The topological polar surface area (TPSA) is 23.0 Å². The number of para-hydroxylation sites is 4. The van der Waals surface area contributed by atoms with Gasteiger partial charge in [0, 0.05) is 38.0 Å². The summed E-state index contributed by atoms with van der Waals surface area (Å²) in [7, 11) is 0. The summed E-state index contributed by atoms with van der Waals surface area (Å²) in [6.07, 6.45) is 0. The van der Waals surface area contributed by atoms with E-state index in [4.69, 9.17) is 4.42 Å². The second kappa shape index (κ2) is 11.6. The van der Waals surface area contributed by atoms with Crippen LogP contribution in [0.2, 0.25) is 0 Å². The fourth-order valence-corrected chi connectivity index (χ4v) is 9.03. The van der Waals surface area contributed by atoms with E-state index in [-0.39, 0.29) is 0 Å². The van der Waals surface area contributed by atoms with E-state index in [1.807, 2.05) is 6.07 Å². The molecule has 0 unspecified atom stereocenters. The first-order chi connectivity index (χ1) is 27.3. The van der Waals surface area contributed by atoms with Crippen molar-refractivity contribution in [1.82, 2.24) is 9.13 Å². The molecule has 0 aliphatic rings. The quantitative estimate of drug-likeness (QED) is 0.179. The first-order valence-electron chi connectivity index (χ1n) is 18.8. The van der Waals surface area contributed by atoms with Crippen molar-refractivity contribution in [3.63, 3.8) is 0 Å². The molecule has 12 rings (SSSR count). The average molecular weight is 701 g/mol. The second-order valence-corrected chi connectivity index (χ2v) is 14.5. The Labute approximate surface area is 316 Å². The van der Waals surface area contributed by atoms with Gasteiger partial charge in [0.1, 0.15) is 5.58 Å². The summed E-state index contributed by atoms with van der Waals surface area (Å²) in [5, 5.41) is 9.66. The van der Waals surface area contributed by atoms with Crippen LogP contribution in [0, 0.1) is 0 Å². The summed E-state index contributed by atoms with van der Waals surface area (Å²) < 4.78 is 11.3. The van der Waals surface area contributed by atoms with Crippen LogP contribution in [-0.2, 0) is 0 Å². The van der Waals surface area contributed by atoms with Crippen molar-refractivity contribution in [2.75, 3.05) is 0 Å². The minimum atomic E-state index is 0.902. The van der Waals surface area contributed by atoms with Crippen LogP contribution in [0.25, 0.3) is 110 Å².